The lowest BCUT2D eigenvalue weighted by molar-refractivity contribution is 0.101. The maximum absolute atomic E-state index is 11.6. The van der Waals surface area contributed by atoms with E-state index in [1.54, 1.807) is 0 Å². The van der Waals surface area contributed by atoms with Gasteiger partial charge < -0.3 is 5.32 Å². The maximum Gasteiger partial charge on any atom is 0.297 e. The second kappa shape index (κ2) is 4.56. The van der Waals surface area contributed by atoms with Crippen LogP contribution in [0.15, 0.2) is 18.2 Å². The first kappa shape index (κ1) is 11.0. The van der Waals surface area contributed by atoms with Gasteiger partial charge in [0.05, 0.1) is 0 Å². The van der Waals surface area contributed by atoms with Crippen LogP contribution in [-0.4, -0.2) is 26.5 Å². The van der Waals surface area contributed by atoms with Gasteiger partial charge in [-0.2, -0.15) is 5.21 Å². The zero-order chi connectivity index (χ0) is 11.5. The predicted octanol–water partition coefficient (Wildman–Crippen LogP) is 1.37. The van der Waals surface area contributed by atoms with Crippen molar-refractivity contribution >= 4 is 34.2 Å². The van der Waals surface area contributed by atoms with Crippen LogP contribution in [0.1, 0.15) is 16.2 Å². The van der Waals surface area contributed by atoms with E-state index < -0.39 is 0 Å². The van der Waals surface area contributed by atoms with Crippen LogP contribution in [0.4, 0.5) is 5.69 Å². The predicted molar refractivity (Wildman–Crippen MR) is 66.0 cm³/mol. The molecule has 7 heteroatoms. The first-order valence-corrected chi connectivity index (χ1v) is 5.55. The van der Waals surface area contributed by atoms with Gasteiger partial charge in [0.15, 0.2) is 0 Å². The number of halogens is 1. The molecule has 1 heterocycles. The van der Waals surface area contributed by atoms with Crippen LogP contribution in [0, 0.1) is 10.5 Å². The van der Waals surface area contributed by atoms with Crippen LogP contribution in [0.3, 0.4) is 0 Å². The van der Waals surface area contributed by atoms with E-state index in [9.17, 15) is 4.79 Å². The fraction of sp³-hybridized carbons (Fsp3) is 0.111. The summed E-state index contributed by atoms with van der Waals surface area (Å²) in [5.74, 6) is -0.351. The van der Waals surface area contributed by atoms with Crippen molar-refractivity contribution in [2.75, 3.05) is 5.32 Å². The Hall–Kier alpha value is -1.51. The monoisotopic (exact) mass is 329 g/mol. The minimum absolute atomic E-state index is 0.0259. The summed E-state index contributed by atoms with van der Waals surface area (Å²) in [6, 6.07) is 5.74. The van der Waals surface area contributed by atoms with Crippen molar-refractivity contribution in [3.05, 3.63) is 33.2 Å². The molecule has 2 aromatic rings. The standard InChI is InChI=1S/C9H8IN5O/c1-5-4-6(10)2-3-7(5)11-9(16)8-12-14-15-13-8/h2-4H,1H3,(H,11,16)(H,12,13,14,15). The molecule has 0 spiro atoms. The molecule has 82 valence electrons. The number of tetrazole rings is 1. The van der Waals surface area contributed by atoms with Crippen LogP contribution in [0.25, 0.3) is 0 Å². The highest BCUT2D eigenvalue weighted by Gasteiger charge is 2.11. The SMILES string of the molecule is Cc1cc(I)ccc1NC(=O)c1nn[nH]n1. The number of H-pyrrole nitrogens is 1. The number of hydrogen-bond donors (Lipinski definition) is 2. The van der Waals surface area contributed by atoms with Crippen LogP contribution in [-0.2, 0) is 0 Å². The van der Waals surface area contributed by atoms with Crippen molar-refractivity contribution in [1.82, 2.24) is 20.6 Å². The Morgan fingerprint density at radius 2 is 2.31 bits per heavy atom. The molecule has 0 saturated carbocycles. The molecular weight excluding hydrogens is 321 g/mol. The molecule has 2 N–H and O–H groups in total. The first-order chi connectivity index (χ1) is 7.66. The fourth-order valence-corrected chi connectivity index (χ4v) is 1.85. The number of nitrogens with zero attached hydrogens (tertiary/aromatic N) is 3. The van der Waals surface area contributed by atoms with Crippen LogP contribution >= 0.6 is 22.6 Å². The molecule has 16 heavy (non-hydrogen) atoms. The highest BCUT2D eigenvalue weighted by atomic mass is 127. The second-order valence-corrected chi connectivity index (χ2v) is 4.39. The molecule has 0 aliphatic carbocycles. The molecular formula is C9H8IN5O. The van der Waals surface area contributed by atoms with Gasteiger partial charge in [-0.3, -0.25) is 4.79 Å². The number of aryl methyl sites for hydroxylation is 1. The average Bonchev–Trinajstić information content (AvgIpc) is 2.75. The Morgan fingerprint density at radius 1 is 1.50 bits per heavy atom. The average molecular weight is 329 g/mol. The van der Waals surface area contributed by atoms with Gasteiger partial charge >= 0.3 is 0 Å². The number of amides is 1. The van der Waals surface area contributed by atoms with Crippen molar-refractivity contribution in [2.45, 2.75) is 6.92 Å². The third kappa shape index (κ3) is 2.35. The maximum atomic E-state index is 11.6. The summed E-state index contributed by atoms with van der Waals surface area (Å²) in [5.41, 5.74) is 1.74. The molecule has 0 saturated heterocycles. The van der Waals surface area contributed by atoms with Gasteiger partial charge in [-0.25, -0.2) is 0 Å². The zero-order valence-electron chi connectivity index (χ0n) is 8.36. The zero-order valence-corrected chi connectivity index (χ0v) is 10.5. The lowest BCUT2D eigenvalue weighted by Gasteiger charge is -2.06. The summed E-state index contributed by atoms with van der Waals surface area (Å²) in [6.07, 6.45) is 0. The smallest absolute Gasteiger partial charge is 0.297 e. The second-order valence-electron chi connectivity index (χ2n) is 3.15. The van der Waals surface area contributed by atoms with E-state index >= 15 is 0 Å². The van der Waals surface area contributed by atoms with Crippen LogP contribution in [0.5, 0.6) is 0 Å². The quantitative estimate of drug-likeness (QED) is 0.815. The largest absolute Gasteiger partial charge is 0.319 e. The Kier molecular flexibility index (Phi) is 3.13. The van der Waals surface area contributed by atoms with E-state index in [1.165, 1.54) is 0 Å². The van der Waals surface area contributed by atoms with Crippen molar-refractivity contribution in [3.8, 4) is 0 Å². The highest BCUT2D eigenvalue weighted by Crippen LogP contribution is 2.17. The Balaban J connectivity index is 2.18. The molecule has 0 atom stereocenters. The van der Waals surface area contributed by atoms with Gasteiger partial charge in [-0.1, -0.05) is 0 Å². The molecule has 0 unspecified atom stereocenters. The van der Waals surface area contributed by atoms with Gasteiger partial charge in [-0.05, 0) is 58.5 Å². The molecule has 2 rings (SSSR count). The topological polar surface area (TPSA) is 83.6 Å². The summed E-state index contributed by atoms with van der Waals surface area (Å²) in [7, 11) is 0. The molecule has 1 aromatic heterocycles. The van der Waals surface area contributed by atoms with E-state index in [0.717, 1.165) is 14.8 Å². The summed E-state index contributed by atoms with van der Waals surface area (Å²) in [6.45, 7) is 1.92. The van der Waals surface area contributed by atoms with E-state index in [1.807, 2.05) is 25.1 Å². The van der Waals surface area contributed by atoms with Gasteiger partial charge in [-0.15, -0.1) is 10.2 Å². The number of aromatic nitrogens is 4. The van der Waals surface area contributed by atoms with Gasteiger partial charge in [0.2, 0.25) is 0 Å². The number of carbonyl (C=O) groups is 1. The lowest BCUT2D eigenvalue weighted by Crippen LogP contribution is -2.14. The highest BCUT2D eigenvalue weighted by molar-refractivity contribution is 14.1. The lowest BCUT2D eigenvalue weighted by atomic mass is 10.2. The third-order valence-electron chi connectivity index (χ3n) is 1.99. The van der Waals surface area contributed by atoms with Crippen molar-refractivity contribution in [1.29, 1.82) is 0 Å². The minimum Gasteiger partial charge on any atom is -0.319 e. The number of nitrogens with one attached hydrogen (secondary N) is 2. The van der Waals surface area contributed by atoms with E-state index in [-0.39, 0.29) is 11.7 Å². The van der Waals surface area contributed by atoms with Crippen LogP contribution < -0.4 is 5.32 Å². The third-order valence-corrected chi connectivity index (χ3v) is 2.66. The molecule has 0 bridgehead atoms. The van der Waals surface area contributed by atoms with E-state index in [0.29, 0.717) is 0 Å². The number of anilines is 1. The fourth-order valence-electron chi connectivity index (χ4n) is 1.20. The molecule has 1 amide bonds. The van der Waals surface area contributed by atoms with Crippen LogP contribution in [0.2, 0.25) is 0 Å². The van der Waals surface area contributed by atoms with Crippen molar-refractivity contribution < 1.29 is 4.79 Å². The number of rotatable bonds is 2. The number of benzene rings is 1. The molecule has 1 aromatic carbocycles. The first-order valence-electron chi connectivity index (χ1n) is 4.48. The van der Waals surface area contributed by atoms with E-state index in [4.69, 9.17) is 0 Å². The molecule has 0 aliphatic rings. The van der Waals surface area contributed by atoms with Gasteiger partial charge in [0.25, 0.3) is 11.7 Å². The molecule has 0 aliphatic heterocycles. The normalized spacial score (nSPS) is 10.1. The molecule has 0 fully saturated rings. The summed E-state index contributed by atoms with van der Waals surface area (Å²) in [4.78, 5) is 11.6. The van der Waals surface area contributed by atoms with Crippen molar-refractivity contribution in [3.63, 3.8) is 0 Å². The number of carbonyl (C=O) groups excluding carboxylic acids is 1. The van der Waals surface area contributed by atoms with Gasteiger partial charge in [0, 0.05) is 9.26 Å². The molecule has 0 radical (unpaired) electrons. The Bertz CT molecular complexity index is 511. The minimum atomic E-state index is -0.377. The number of aromatic amines is 1. The summed E-state index contributed by atoms with van der Waals surface area (Å²) < 4.78 is 1.12. The van der Waals surface area contributed by atoms with Crippen molar-refractivity contribution in [2.24, 2.45) is 0 Å². The Morgan fingerprint density at radius 3 is 2.94 bits per heavy atom. The number of hydrogen-bond acceptors (Lipinski definition) is 4. The van der Waals surface area contributed by atoms with E-state index in [2.05, 4.69) is 48.5 Å². The summed E-state index contributed by atoms with van der Waals surface area (Å²) >= 11 is 2.21. The summed E-state index contributed by atoms with van der Waals surface area (Å²) in [5, 5.41) is 15.5. The molecule has 6 nitrogen and oxygen atoms in total. The Labute approximate surface area is 105 Å². The van der Waals surface area contributed by atoms with Gasteiger partial charge in [0.1, 0.15) is 0 Å².